The monoisotopic (exact) mass is 219 g/mol. The smallest absolute Gasteiger partial charge is 0.181 e. The molecule has 2 nitrogen and oxygen atoms in total. The van der Waals surface area contributed by atoms with E-state index in [1.807, 2.05) is 0 Å². The van der Waals surface area contributed by atoms with Crippen molar-refractivity contribution in [3.05, 3.63) is 34.4 Å². The van der Waals surface area contributed by atoms with Crippen molar-refractivity contribution in [1.29, 1.82) is 0 Å². The van der Waals surface area contributed by atoms with Gasteiger partial charge in [0.2, 0.25) is 0 Å². The van der Waals surface area contributed by atoms with Gasteiger partial charge in [-0.15, -0.1) is 0 Å². The molecule has 0 radical (unpaired) electrons. The van der Waals surface area contributed by atoms with Crippen LogP contribution in [-0.2, 0) is 0 Å². The largest absolute Gasteiger partial charge is 0.313 e. The fourth-order valence-electron chi connectivity index (χ4n) is 1.03. The Balaban J connectivity index is 3.18. The van der Waals surface area contributed by atoms with Crippen LogP contribution in [0.1, 0.15) is 10.4 Å². The van der Waals surface area contributed by atoms with E-state index in [1.54, 1.807) is 0 Å². The van der Waals surface area contributed by atoms with Crippen molar-refractivity contribution in [2.24, 2.45) is 0 Å². The van der Waals surface area contributed by atoms with Gasteiger partial charge in [0, 0.05) is 0 Å². The highest BCUT2D eigenvalue weighted by Crippen LogP contribution is 2.22. The van der Waals surface area contributed by atoms with Crippen LogP contribution in [-0.4, -0.2) is 19.4 Å². The summed E-state index contributed by atoms with van der Waals surface area (Å²) in [4.78, 5) is 11.3. The summed E-state index contributed by atoms with van der Waals surface area (Å²) in [6, 6.07) is 1.76. The molecule has 0 unspecified atom stereocenters. The van der Waals surface area contributed by atoms with Crippen LogP contribution in [0.3, 0.4) is 0 Å². The summed E-state index contributed by atoms with van der Waals surface area (Å²) in [5.74, 6) is -2.18. The first-order valence-corrected chi connectivity index (χ1v) is 4.27. The number of nitrogens with one attached hydrogen (secondary N) is 1. The number of benzene rings is 1. The average molecular weight is 220 g/mol. The Labute approximate surface area is 84.9 Å². The number of carbonyl (C=O) groups excluding carboxylic acids is 1. The summed E-state index contributed by atoms with van der Waals surface area (Å²) in [7, 11) is 1.53. The van der Waals surface area contributed by atoms with Crippen molar-refractivity contribution in [2.75, 3.05) is 13.6 Å². The molecule has 0 aliphatic rings. The van der Waals surface area contributed by atoms with Gasteiger partial charge in [-0.25, -0.2) is 8.78 Å². The maximum Gasteiger partial charge on any atom is 0.181 e. The Morgan fingerprint density at radius 2 is 2.00 bits per heavy atom. The van der Waals surface area contributed by atoms with Gasteiger partial charge in [0.1, 0.15) is 11.6 Å². The molecule has 0 amide bonds. The standard InChI is InChI=1S/C9H8ClF2NO/c1-13-4-7(14)8-5(11)2-3-6(12)9(8)10/h2-3,13H,4H2,1H3. The number of hydrogen-bond donors (Lipinski definition) is 1. The van der Waals surface area contributed by atoms with E-state index in [0.29, 0.717) is 0 Å². The Morgan fingerprint density at radius 3 is 2.57 bits per heavy atom. The molecule has 1 aromatic carbocycles. The fraction of sp³-hybridized carbons (Fsp3) is 0.222. The molecule has 1 aromatic rings. The molecule has 0 bridgehead atoms. The SMILES string of the molecule is CNCC(=O)c1c(F)ccc(F)c1Cl. The van der Waals surface area contributed by atoms with Crippen molar-refractivity contribution in [3.8, 4) is 0 Å². The molecule has 1 rings (SSSR count). The molecule has 1 N–H and O–H groups in total. The summed E-state index contributed by atoms with van der Waals surface area (Å²) >= 11 is 5.47. The number of Topliss-reactive ketones (excluding diaryl/α,β-unsaturated/α-hetero) is 1. The zero-order chi connectivity index (χ0) is 10.7. The lowest BCUT2D eigenvalue weighted by Crippen LogP contribution is -2.20. The first-order chi connectivity index (χ1) is 6.57. The van der Waals surface area contributed by atoms with Gasteiger partial charge in [0.25, 0.3) is 0 Å². The predicted molar refractivity (Wildman–Crippen MR) is 49.6 cm³/mol. The van der Waals surface area contributed by atoms with E-state index in [4.69, 9.17) is 11.6 Å². The molecule has 0 aliphatic carbocycles. The third-order valence-corrected chi connectivity index (χ3v) is 2.03. The lowest BCUT2D eigenvalue weighted by atomic mass is 10.1. The molecule has 0 aromatic heterocycles. The first kappa shape index (κ1) is 11.1. The van der Waals surface area contributed by atoms with Gasteiger partial charge in [-0.1, -0.05) is 11.6 Å². The van der Waals surface area contributed by atoms with E-state index in [-0.39, 0.29) is 6.54 Å². The number of ketones is 1. The Kier molecular flexibility index (Phi) is 3.55. The number of hydrogen-bond acceptors (Lipinski definition) is 2. The average Bonchev–Trinajstić information content (AvgIpc) is 2.13. The summed E-state index contributed by atoms with van der Waals surface area (Å²) in [5, 5.41) is 2.08. The molecule has 0 heterocycles. The quantitative estimate of drug-likeness (QED) is 0.623. The molecule has 0 saturated heterocycles. The van der Waals surface area contributed by atoms with E-state index >= 15 is 0 Å². The van der Waals surface area contributed by atoms with Gasteiger partial charge in [0.05, 0.1) is 17.1 Å². The molecule has 14 heavy (non-hydrogen) atoms. The summed E-state index contributed by atoms with van der Waals surface area (Å²) in [6.07, 6.45) is 0. The van der Waals surface area contributed by atoms with Crippen molar-refractivity contribution >= 4 is 17.4 Å². The third-order valence-electron chi connectivity index (χ3n) is 1.66. The number of rotatable bonds is 3. The third kappa shape index (κ3) is 2.08. The minimum atomic E-state index is -0.809. The zero-order valence-corrected chi connectivity index (χ0v) is 8.16. The highest BCUT2D eigenvalue weighted by molar-refractivity contribution is 6.34. The molecule has 0 fully saturated rings. The highest BCUT2D eigenvalue weighted by Gasteiger charge is 2.18. The number of likely N-dealkylation sites (N-methyl/N-ethyl adjacent to an activating group) is 1. The molecular formula is C9H8ClF2NO. The molecule has 0 atom stereocenters. The van der Waals surface area contributed by atoms with E-state index in [1.165, 1.54) is 7.05 Å². The Morgan fingerprint density at radius 1 is 1.43 bits per heavy atom. The minimum absolute atomic E-state index is 0.0832. The maximum atomic E-state index is 13.1. The zero-order valence-electron chi connectivity index (χ0n) is 7.40. The second kappa shape index (κ2) is 4.48. The minimum Gasteiger partial charge on any atom is -0.313 e. The van der Waals surface area contributed by atoms with Crippen LogP contribution in [0.4, 0.5) is 8.78 Å². The van der Waals surface area contributed by atoms with Gasteiger partial charge >= 0.3 is 0 Å². The molecule has 0 spiro atoms. The first-order valence-electron chi connectivity index (χ1n) is 3.89. The van der Waals surface area contributed by atoms with E-state index in [2.05, 4.69) is 5.32 Å². The van der Waals surface area contributed by atoms with Gasteiger partial charge in [0.15, 0.2) is 5.78 Å². The van der Waals surface area contributed by atoms with Crippen LogP contribution < -0.4 is 5.32 Å². The predicted octanol–water partition coefficient (Wildman–Crippen LogP) is 2.02. The van der Waals surface area contributed by atoms with Crippen LogP contribution in [0, 0.1) is 11.6 Å². The fourth-order valence-corrected chi connectivity index (χ4v) is 1.29. The van der Waals surface area contributed by atoms with Gasteiger partial charge in [-0.05, 0) is 19.2 Å². The van der Waals surface area contributed by atoms with Crippen molar-refractivity contribution in [1.82, 2.24) is 5.32 Å². The van der Waals surface area contributed by atoms with Gasteiger partial charge in [-0.3, -0.25) is 4.79 Å². The van der Waals surface area contributed by atoms with E-state index < -0.39 is 28.0 Å². The van der Waals surface area contributed by atoms with E-state index in [9.17, 15) is 13.6 Å². The summed E-state index contributed by atoms with van der Waals surface area (Å²) in [6.45, 7) is -0.0832. The summed E-state index contributed by atoms with van der Waals surface area (Å²) < 4.78 is 26.0. The van der Waals surface area contributed by atoms with Crippen LogP contribution in [0.5, 0.6) is 0 Å². The van der Waals surface area contributed by atoms with Crippen molar-refractivity contribution < 1.29 is 13.6 Å². The number of halogens is 3. The van der Waals surface area contributed by atoms with E-state index in [0.717, 1.165) is 12.1 Å². The molecule has 76 valence electrons. The van der Waals surface area contributed by atoms with Gasteiger partial charge < -0.3 is 5.32 Å². The van der Waals surface area contributed by atoms with Crippen molar-refractivity contribution in [3.63, 3.8) is 0 Å². The lowest BCUT2D eigenvalue weighted by molar-refractivity contribution is 0.0989. The van der Waals surface area contributed by atoms with Crippen LogP contribution >= 0.6 is 11.6 Å². The van der Waals surface area contributed by atoms with Crippen LogP contribution in [0.2, 0.25) is 5.02 Å². The second-order valence-corrected chi connectivity index (χ2v) is 3.05. The molecule has 5 heteroatoms. The second-order valence-electron chi connectivity index (χ2n) is 2.67. The maximum absolute atomic E-state index is 13.1. The normalized spacial score (nSPS) is 10.3. The molecular weight excluding hydrogens is 212 g/mol. The topological polar surface area (TPSA) is 29.1 Å². The summed E-state index contributed by atoms with van der Waals surface area (Å²) in [5.41, 5.74) is -0.402. The van der Waals surface area contributed by atoms with Crippen molar-refractivity contribution in [2.45, 2.75) is 0 Å². The van der Waals surface area contributed by atoms with Crippen LogP contribution in [0.15, 0.2) is 12.1 Å². The molecule has 0 saturated carbocycles. The van der Waals surface area contributed by atoms with Crippen LogP contribution in [0.25, 0.3) is 0 Å². The number of carbonyl (C=O) groups is 1. The Hall–Kier alpha value is -1.00. The Bertz CT molecular complexity index is 368. The van der Waals surface area contributed by atoms with Gasteiger partial charge in [-0.2, -0.15) is 0 Å². The lowest BCUT2D eigenvalue weighted by Gasteiger charge is -2.04. The molecule has 0 aliphatic heterocycles. The highest BCUT2D eigenvalue weighted by atomic mass is 35.5.